The first-order chi connectivity index (χ1) is 13.5. The van der Waals surface area contributed by atoms with E-state index in [1.54, 1.807) is 60.4 Å². The van der Waals surface area contributed by atoms with Gasteiger partial charge in [-0.3, -0.25) is 9.69 Å². The summed E-state index contributed by atoms with van der Waals surface area (Å²) in [6.45, 7) is 2.91. The number of amides is 3. The van der Waals surface area contributed by atoms with E-state index in [0.29, 0.717) is 41.7 Å². The molecule has 28 heavy (non-hydrogen) atoms. The van der Waals surface area contributed by atoms with Gasteiger partial charge in [-0.05, 0) is 49.4 Å². The van der Waals surface area contributed by atoms with Gasteiger partial charge in [0.05, 0.1) is 12.2 Å². The molecule has 8 heteroatoms. The molecule has 1 fully saturated rings. The molecule has 7 nitrogen and oxygen atoms in total. The highest BCUT2D eigenvalue weighted by Gasteiger charge is 2.30. The maximum absolute atomic E-state index is 12.6. The van der Waals surface area contributed by atoms with Crippen LogP contribution in [0, 0.1) is 0 Å². The van der Waals surface area contributed by atoms with Crippen LogP contribution in [-0.4, -0.2) is 49.0 Å². The van der Waals surface area contributed by atoms with Crippen molar-refractivity contribution in [2.45, 2.75) is 6.92 Å². The van der Waals surface area contributed by atoms with Crippen LogP contribution in [0.3, 0.4) is 0 Å². The Kier molecular flexibility index (Phi) is 6.16. The Bertz CT molecular complexity index is 885. The monoisotopic (exact) mass is 401 g/mol. The number of benzene rings is 2. The number of hydrogen-bond acceptors (Lipinski definition) is 4. The number of nitrogens with zero attached hydrogens (tertiary/aromatic N) is 2. The minimum atomic E-state index is -0.413. The highest BCUT2D eigenvalue weighted by Crippen LogP contribution is 2.23. The summed E-state index contributed by atoms with van der Waals surface area (Å²) in [6.07, 6.45) is 0. The predicted molar refractivity (Wildman–Crippen MR) is 107 cm³/mol. The third-order valence-electron chi connectivity index (χ3n) is 4.23. The lowest BCUT2D eigenvalue weighted by Crippen LogP contribution is -2.37. The van der Waals surface area contributed by atoms with Crippen molar-refractivity contribution < 1.29 is 19.1 Å². The smallest absolute Gasteiger partial charge is 0.338 e. The Hall–Kier alpha value is -3.06. The third-order valence-corrected chi connectivity index (χ3v) is 4.46. The first-order valence-electron chi connectivity index (χ1n) is 8.87. The quantitative estimate of drug-likeness (QED) is 0.752. The number of esters is 1. The number of rotatable bonds is 6. The molecule has 0 saturated carbocycles. The lowest BCUT2D eigenvalue weighted by atomic mass is 10.2. The summed E-state index contributed by atoms with van der Waals surface area (Å²) in [6, 6.07) is 13.2. The van der Waals surface area contributed by atoms with E-state index in [-0.39, 0.29) is 18.5 Å². The van der Waals surface area contributed by atoms with Gasteiger partial charge in [0, 0.05) is 29.5 Å². The number of nitrogens with one attached hydrogen (secondary N) is 1. The van der Waals surface area contributed by atoms with E-state index < -0.39 is 5.97 Å². The fraction of sp³-hybridized carbons (Fsp3) is 0.250. The minimum Gasteiger partial charge on any atom is -0.462 e. The van der Waals surface area contributed by atoms with Crippen molar-refractivity contribution >= 4 is 40.9 Å². The SMILES string of the molecule is CCOC(=O)c1ccc(NC(=O)CN2CCN(c3cccc(Cl)c3)C2=O)cc1. The summed E-state index contributed by atoms with van der Waals surface area (Å²) < 4.78 is 4.92. The number of carbonyl (C=O) groups is 3. The molecule has 0 aliphatic carbocycles. The molecule has 0 aromatic heterocycles. The highest BCUT2D eigenvalue weighted by atomic mass is 35.5. The predicted octanol–water partition coefficient (Wildman–Crippen LogP) is 3.40. The van der Waals surface area contributed by atoms with E-state index in [1.807, 2.05) is 0 Å². The second-order valence-corrected chi connectivity index (χ2v) is 6.62. The molecule has 1 aliphatic heterocycles. The number of urea groups is 1. The van der Waals surface area contributed by atoms with Crippen LogP contribution in [0.25, 0.3) is 0 Å². The molecule has 1 heterocycles. The molecule has 0 unspecified atom stereocenters. The normalized spacial score (nSPS) is 13.6. The molecule has 0 spiro atoms. The molecule has 1 N–H and O–H groups in total. The van der Waals surface area contributed by atoms with Gasteiger partial charge >= 0.3 is 12.0 Å². The topological polar surface area (TPSA) is 79.0 Å². The van der Waals surface area contributed by atoms with E-state index in [4.69, 9.17) is 16.3 Å². The molecule has 2 aromatic carbocycles. The second-order valence-electron chi connectivity index (χ2n) is 6.18. The van der Waals surface area contributed by atoms with Gasteiger partial charge < -0.3 is 15.0 Å². The number of anilines is 2. The Morgan fingerprint density at radius 2 is 1.89 bits per heavy atom. The Labute approximate surface area is 167 Å². The van der Waals surface area contributed by atoms with Gasteiger partial charge in [0.2, 0.25) is 5.91 Å². The van der Waals surface area contributed by atoms with Crippen LogP contribution in [0.4, 0.5) is 16.2 Å². The zero-order valence-electron chi connectivity index (χ0n) is 15.4. The molecule has 3 amide bonds. The van der Waals surface area contributed by atoms with Crippen molar-refractivity contribution in [2.75, 3.05) is 36.5 Å². The zero-order valence-corrected chi connectivity index (χ0v) is 16.1. The number of carbonyl (C=O) groups excluding carboxylic acids is 3. The maximum atomic E-state index is 12.6. The van der Waals surface area contributed by atoms with Crippen LogP contribution >= 0.6 is 11.6 Å². The molecular weight excluding hydrogens is 382 g/mol. The van der Waals surface area contributed by atoms with Crippen LogP contribution in [0.5, 0.6) is 0 Å². The summed E-state index contributed by atoms with van der Waals surface area (Å²) in [4.78, 5) is 39.6. The van der Waals surface area contributed by atoms with Crippen molar-refractivity contribution in [3.63, 3.8) is 0 Å². The van der Waals surface area contributed by atoms with Crippen molar-refractivity contribution in [3.05, 3.63) is 59.1 Å². The Morgan fingerprint density at radius 1 is 1.14 bits per heavy atom. The molecule has 1 saturated heterocycles. The van der Waals surface area contributed by atoms with Gasteiger partial charge in [0.1, 0.15) is 6.54 Å². The Morgan fingerprint density at radius 3 is 2.57 bits per heavy atom. The average molecular weight is 402 g/mol. The summed E-state index contributed by atoms with van der Waals surface area (Å²) in [7, 11) is 0. The standard InChI is InChI=1S/C20H20ClN3O4/c1-2-28-19(26)14-6-8-16(9-7-14)22-18(25)13-23-10-11-24(20(23)27)17-5-3-4-15(21)12-17/h3-9,12H,2,10-11,13H2,1H3,(H,22,25). The van der Waals surface area contributed by atoms with Crippen LogP contribution < -0.4 is 10.2 Å². The molecule has 0 radical (unpaired) electrons. The fourth-order valence-corrected chi connectivity index (χ4v) is 3.08. The molecule has 0 atom stereocenters. The van der Waals surface area contributed by atoms with Crippen LogP contribution in [-0.2, 0) is 9.53 Å². The van der Waals surface area contributed by atoms with Gasteiger partial charge in [-0.1, -0.05) is 17.7 Å². The number of halogens is 1. The molecule has 3 rings (SSSR count). The molecule has 146 valence electrons. The average Bonchev–Trinajstić information content (AvgIpc) is 3.03. The van der Waals surface area contributed by atoms with Crippen molar-refractivity contribution in [2.24, 2.45) is 0 Å². The summed E-state index contributed by atoms with van der Waals surface area (Å²) in [5.74, 6) is -0.727. The van der Waals surface area contributed by atoms with Gasteiger partial charge in [0.25, 0.3) is 0 Å². The summed E-state index contributed by atoms with van der Waals surface area (Å²) in [5.41, 5.74) is 1.65. The molecular formula is C20H20ClN3O4. The van der Waals surface area contributed by atoms with Gasteiger partial charge in [0.15, 0.2) is 0 Å². The van der Waals surface area contributed by atoms with Crippen molar-refractivity contribution in [1.29, 1.82) is 0 Å². The van der Waals surface area contributed by atoms with Crippen LogP contribution in [0.2, 0.25) is 5.02 Å². The van der Waals surface area contributed by atoms with E-state index >= 15 is 0 Å². The minimum absolute atomic E-state index is 0.0600. The van der Waals surface area contributed by atoms with E-state index in [2.05, 4.69) is 5.32 Å². The van der Waals surface area contributed by atoms with Gasteiger partial charge in [-0.2, -0.15) is 0 Å². The van der Waals surface area contributed by atoms with E-state index in [9.17, 15) is 14.4 Å². The third kappa shape index (κ3) is 4.61. The van der Waals surface area contributed by atoms with Crippen LogP contribution in [0.1, 0.15) is 17.3 Å². The maximum Gasteiger partial charge on any atom is 0.338 e. The number of hydrogen-bond donors (Lipinski definition) is 1. The van der Waals surface area contributed by atoms with E-state index in [0.717, 1.165) is 0 Å². The highest BCUT2D eigenvalue weighted by molar-refractivity contribution is 6.30. The molecule has 2 aromatic rings. The van der Waals surface area contributed by atoms with Gasteiger partial charge in [-0.15, -0.1) is 0 Å². The first kappa shape index (κ1) is 19.7. The lowest BCUT2D eigenvalue weighted by molar-refractivity contribution is -0.116. The zero-order chi connectivity index (χ0) is 20.1. The fourth-order valence-electron chi connectivity index (χ4n) is 2.89. The first-order valence-corrected chi connectivity index (χ1v) is 9.25. The van der Waals surface area contributed by atoms with E-state index in [1.165, 1.54) is 4.90 Å². The largest absolute Gasteiger partial charge is 0.462 e. The summed E-state index contributed by atoms with van der Waals surface area (Å²) in [5, 5.41) is 3.28. The lowest BCUT2D eigenvalue weighted by Gasteiger charge is -2.18. The van der Waals surface area contributed by atoms with Crippen LogP contribution in [0.15, 0.2) is 48.5 Å². The van der Waals surface area contributed by atoms with Crippen molar-refractivity contribution in [1.82, 2.24) is 4.90 Å². The van der Waals surface area contributed by atoms with Crippen molar-refractivity contribution in [3.8, 4) is 0 Å². The number of ether oxygens (including phenoxy) is 1. The molecule has 1 aliphatic rings. The Balaban J connectivity index is 1.56. The second kappa shape index (κ2) is 8.75. The van der Waals surface area contributed by atoms with Gasteiger partial charge in [-0.25, -0.2) is 9.59 Å². The molecule has 0 bridgehead atoms. The summed E-state index contributed by atoms with van der Waals surface area (Å²) >= 11 is 5.99.